The molecule has 0 bridgehead atoms. The second kappa shape index (κ2) is 8.45. The smallest absolute Gasteiger partial charge is 0.280 e. The van der Waals surface area contributed by atoms with Gasteiger partial charge in [-0.1, -0.05) is 34.6 Å². The van der Waals surface area contributed by atoms with E-state index in [0.29, 0.717) is 18.6 Å². The molecule has 4 N–H and O–H groups in total. The zero-order chi connectivity index (χ0) is 23.1. The number of carbonyl (C=O) groups is 1. The average molecular weight is 451 g/mol. The average Bonchev–Trinajstić information content (AvgIpc) is 3.24. The van der Waals surface area contributed by atoms with Crippen molar-refractivity contribution >= 4 is 31.3 Å². The van der Waals surface area contributed by atoms with Crippen molar-refractivity contribution < 1.29 is 14.0 Å². The Labute approximate surface area is 183 Å². The van der Waals surface area contributed by atoms with Gasteiger partial charge in [-0.2, -0.15) is 4.98 Å². The van der Waals surface area contributed by atoms with E-state index in [1.165, 1.54) is 6.33 Å². The summed E-state index contributed by atoms with van der Waals surface area (Å²) >= 11 is 0. The number of ether oxygens (including phenoxy) is 1. The van der Waals surface area contributed by atoms with Gasteiger partial charge in [0.25, 0.3) is 5.56 Å². The molecular formula is C20H34N6O4Si. The van der Waals surface area contributed by atoms with Gasteiger partial charge in [-0.25, -0.2) is 4.98 Å². The SMILES string of the molecule is CC(C)C(=O)Nc1nc2c(ncn2[C@@H]2OC(CN)CC2O[Si](C)(C)C(C)(C)C)c(=O)[nH]1. The summed E-state index contributed by atoms with van der Waals surface area (Å²) in [7, 11) is -2.09. The van der Waals surface area contributed by atoms with Crippen molar-refractivity contribution in [2.45, 2.75) is 77.6 Å². The number of aromatic amines is 1. The lowest BCUT2D eigenvalue weighted by Crippen LogP contribution is -2.45. The maximum atomic E-state index is 12.5. The third kappa shape index (κ3) is 4.74. The Morgan fingerprint density at radius 3 is 2.71 bits per heavy atom. The lowest BCUT2D eigenvalue weighted by molar-refractivity contribution is -0.118. The largest absolute Gasteiger partial charge is 0.409 e. The van der Waals surface area contributed by atoms with Crippen molar-refractivity contribution in [3.63, 3.8) is 0 Å². The van der Waals surface area contributed by atoms with Gasteiger partial charge in [-0.3, -0.25) is 24.5 Å². The Morgan fingerprint density at radius 2 is 2.13 bits per heavy atom. The quantitative estimate of drug-likeness (QED) is 0.574. The molecule has 0 aromatic carbocycles. The summed E-state index contributed by atoms with van der Waals surface area (Å²) in [6, 6.07) is 0. The number of rotatable bonds is 6. The number of carbonyl (C=O) groups excluding carboxylic acids is 1. The Bertz CT molecular complexity index is 1010. The van der Waals surface area contributed by atoms with E-state index < -0.39 is 20.1 Å². The highest BCUT2D eigenvalue weighted by Crippen LogP contribution is 2.42. The van der Waals surface area contributed by atoms with E-state index in [2.05, 4.69) is 54.1 Å². The monoisotopic (exact) mass is 450 g/mol. The zero-order valence-corrected chi connectivity index (χ0v) is 20.4. The first-order valence-corrected chi connectivity index (χ1v) is 13.6. The standard InChI is InChI=1S/C20H34N6O4Si/c1-11(2)16(27)24-19-23-15-14(17(28)25-19)22-10-26(15)18-13(8-12(9-21)29-18)30-31(6,7)20(3,4)5/h10-13,18H,8-9,21H2,1-7H3,(H2,23,24,25,27,28)/t12?,13?,18-/m1/s1. The molecular weight excluding hydrogens is 416 g/mol. The highest BCUT2D eigenvalue weighted by atomic mass is 28.4. The lowest BCUT2D eigenvalue weighted by atomic mass is 10.2. The van der Waals surface area contributed by atoms with Crippen molar-refractivity contribution in [3.05, 3.63) is 16.7 Å². The van der Waals surface area contributed by atoms with Crippen LogP contribution >= 0.6 is 0 Å². The Hall–Kier alpha value is -2.08. The fraction of sp³-hybridized carbons (Fsp3) is 0.700. The van der Waals surface area contributed by atoms with Crippen molar-refractivity contribution in [2.24, 2.45) is 11.7 Å². The van der Waals surface area contributed by atoms with Crippen LogP contribution < -0.4 is 16.6 Å². The lowest BCUT2D eigenvalue weighted by Gasteiger charge is -2.39. The maximum Gasteiger partial charge on any atom is 0.280 e. The third-order valence-corrected chi connectivity index (χ3v) is 10.6. The van der Waals surface area contributed by atoms with Crippen molar-refractivity contribution in [2.75, 3.05) is 11.9 Å². The molecule has 10 nitrogen and oxygen atoms in total. The molecule has 2 aromatic heterocycles. The summed E-state index contributed by atoms with van der Waals surface area (Å²) in [5.74, 6) is -0.419. The molecule has 3 rings (SSSR count). The molecule has 0 saturated carbocycles. The molecule has 2 aromatic rings. The predicted octanol–water partition coefficient (Wildman–Crippen LogP) is 2.35. The number of nitrogens with zero attached hydrogens (tertiary/aromatic N) is 3. The van der Waals surface area contributed by atoms with E-state index in [1.54, 1.807) is 18.4 Å². The minimum atomic E-state index is -2.09. The molecule has 11 heteroatoms. The highest BCUT2D eigenvalue weighted by Gasteiger charge is 2.45. The van der Waals surface area contributed by atoms with E-state index in [4.69, 9.17) is 14.9 Å². The molecule has 3 atom stereocenters. The number of amides is 1. The van der Waals surface area contributed by atoms with E-state index in [1.807, 2.05) is 0 Å². The molecule has 1 aliphatic rings. The van der Waals surface area contributed by atoms with Crippen LogP contribution in [0.15, 0.2) is 11.1 Å². The second-order valence-corrected chi connectivity index (χ2v) is 14.7. The Morgan fingerprint density at radius 1 is 1.45 bits per heavy atom. The number of nitrogens with two attached hydrogens (primary N) is 1. The van der Waals surface area contributed by atoms with Crippen molar-refractivity contribution in [1.82, 2.24) is 19.5 Å². The van der Waals surface area contributed by atoms with Gasteiger partial charge in [-0.05, 0) is 18.1 Å². The predicted molar refractivity (Wildman–Crippen MR) is 121 cm³/mol. The Kier molecular flexibility index (Phi) is 6.43. The van der Waals surface area contributed by atoms with Gasteiger partial charge < -0.3 is 14.9 Å². The van der Waals surface area contributed by atoms with Crippen LogP contribution in [0.4, 0.5) is 5.95 Å². The molecule has 1 saturated heterocycles. The number of imidazole rings is 1. The number of nitrogens with one attached hydrogen (secondary N) is 2. The third-order valence-electron chi connectivity index (χ3n) is 6.13. The van der Waals surface area contributed by atoms with E-state index >= 15 is 0 Å². The molecule has 31 heavy (non-hydrogen) atoms. The molecule has 0 radical (unpaired) electrons. The number of anilines is 1. The first kappa shape index (κ1) is 23.6. The summed E-state index contributed by atoms with van der Waals surface area (Å²) < 4.78 is 14.6. The van der Waals surface area contributed by atoms with Crippen LogP contribution in [-0.4, -0.2) is 52.5 Å². The number of fused-ring (bicyclic) bond motifs is 1. The van der Waals surface area contributed by atoms with Gasteiger partial charge in [0.05, 0.1) is 18.5 Å². The first-order valence-electron chi connectivity index (χ1n) is 10.6. The van der Waals surface area contributed by atoms with Crippen molar-refractivity contribution in [3.8, 4) is 0 Å². The summed E-state index contributed by atoms with van der Waals surface area (Å²) in [4.78, 5) is 35.9. The molecule has 3 heterocycles. The summed E-state index contributed by atoms with van der Waals surface area (Å²) in [5.41, 5.74) is 5.96. The molecule has 0 spiro atoms. The Balaban J connectivity index is 2.00. The van der Waals surface area contributed by atoms with Crippen LogP contribution in [-0.2, 0) is 14.0 Å². The van der Waals surface area contributed by atoms with E-state index in [0.717, 1.165) is 0 Å². The fourth-order valence-electron chi connectivity index (χ4n) is 3.21. The van der Waals surface area contributed by atoms with Gasteiger partial charge in [-0.15, -0.1) is 0 Å². The fourth-order valence-corrected chi connectivity index (χ4v) is 4.53. The second-order valence-electron chi connectivity index (χ2n) is 9.92. The minimum absolute atomic E-state index is 0.0268. The topological polar surface area (TPSA) is 137 Å². The van der Waals surface area contributed by atoms with Crippen LogP contribution in [0.3, 0.4) is 0 Å². The van der Waals surface area contributed by atoms with Gasteiger partial charge in [0, 0.05) is 18.9 Å². The van der Waals surface area contributed by atoms with Crippen LogP contribution in [0.1, 0.15) is 47.3 Å². The molecule has 172 valence electrons. The van der Waals surface area contributed by atoms with E-state index in [9.17, 15) is 9.59 Å². The highest BCUT2D eigenvalue weighted by molar-refractivity contribution is 6.74. The molecule has 1 fully saturated rings. The van der Waals surface area contributed by atoms with Gasteiger partial charge in [0.15, 0.2) is 25.7 Å². The number of aromatic nitrogens is 4. The zero-order valence-electron chi connectivity index (χ0n) is 19.4. The molecule has 0 aliphatic carbocycles. The van der Waals surface area contributed by atoms with Crippen LogP contribution in [0, 0.1) is 5.92 Å². The molecule has 1 amide bonds. The van der Waals surface area contributed by atoms with Gasteiger partial charge in [0.1, 0.15) is 0 Å². The molecule has 1 aliphatic heterocycles. The van der Waals surface area contributed by atoms with Crippen LogP contribution in [0.2, 0.25) is 18.1 Å². The van der Waals surface area contributed by atoms with Gasteiger partial charge in [0.2, 0.25) is 11.9 Å². The van der Waals surface area contributed by atoms with Gasteiger partial charge >= 0.3 is 0 Å². The van der Waals surface area contributed by atoms with Crippen LogP contribution in [0.25, 0.3) is 11.2 Å². The maximum absolute atomic E-state index is 12.5. The summed E-state index contributed by atoms with van der Waals surface area (Å²) in [6.45, 7) is 14.8. The first-order chi connectivity index (χ1) is 14.3. The minimum Gasteiger partial charge on any atom is -0.409 e. The summed E-state index contributed by atoms with van der Waals surface area (Å²) in [6.07, 6.45) is 1.25. The number of hydrogen-bond acceptors (Lipinski definition) is 7. The van der Waals surface area contributed by atoms with Crippen LogP contribution in [0.5, 0.6) is 0 Å². The summed E-state index contributed by atoms with van der Waals surface area (Å²) in [5, 5.41) is 2.67. The number of H-pyrrole nitrogens is 1. The van der Waals surface area contributed by atoms with E-state index in [-0.39, 0.29) is 40.5 Å². The normalized spacial score (nSPS) is 22.4. The molecule has 2 unspecified atom stereocenters. The number of hydrogen-bond donors (Lipinski definition) is 3. The van der Waals surface area contributed by atoms with Crippen molar-refractivity contribution in [1.29, 1.82) is 0 Å².